The molecule has 1 N–H and O–H groups in total. The molecule has 0 atom stereocenters. The Kier molecular flexibility index (Phi) is 6.34. The molecule has 3 rings (SSSR count). The van der Waals surface area contributed by atoms with Gasteiger partial charge in [0.05, 0.1) is 6.61 Å². The Balaban J connectivity index is 1.96. The second-order valence-corrected chi connectivity index (χ2v) is 7.45. The molecule has 0 bridgehead atoms. The lowest BCUT2D eigenvalue weighted by Gasteiger charge is -2.09. The molecule has 0 fully saturated rings. The van der Waals surface area contributed by atoms with Crippen LogP contribution in [0, 0.1) is 6.92 Å². The first-order chi connectivity index (χ1) is 13.5. The Morgan fingerprint density at radius 1 is 1.07 bits per heavy atom. The molecule has 0 aliphatic carbocycles. The van der Waals surface area contributed by atoms with Gasteiger partial charge in [-0.3, -0.25) is 5.32 Å². The average molecular weight is 416 g/mol. The van der Waals surface area contributed by atoms with Crippen LogP contribution >= 0.6 is 22.9 Å². The van der Waals surface area contributed by atoms with Crippen molar-refractivity contribution in [3.05, 3.63) is 70.1 Å². The highest BCUT2D eigenvalue weighted by Crippen LogP contribution is 2.40. The summed E-state index contributed by atoms with van der Waals surface area (Å²) in [5.74, 6) is -0.101. The van der Waals surface area contributed by atoms with E-state index in [9.17, 15) is 9.59 Å². The van der Waals surface area contributed by atoms with E-state index in [1.54, 1.807) is 43.3 Å². The van der Waals surface area contributed by atoms with Crippen LogP contribution in [0.25, 0.3) is 11.1 Å². The smallest absolute Gasteiger partial charge is 0.417 e. The van der Waals surface area contributed by atoms with Crippen LogP contribution in [0.1, 0.15) is 22.2 Å². The summed E-state index contributed by atoms with van der Waals surface area (Å²) >= 11 is 7.27. The number of hydrogen-bond donors (Lipinski definition) is 1. The average Bonchev–Trinajstić information content (AvgIpc) is 2.99. The summed E-state index contributed by atoms with van der Waals surface area (Å²) in [7, 11) is 0. The van der Waals surface area contributed by atoms with Gasteiger partial charge in [-0.05, 0) is 43.7 Å². The molecule has 0 spiro atoms. The van der Waals surface area contributed by atoms with E-state index in [0.717, 1.165) is 10.4 Å². The summed E-state index contributed by atoms with van der Waals surface area (Å²) in [6, 6.07) is 15.8. The van der Waals surface area contributed by atoms with Gasteiger partial charge >= 0.3 is 12.1 Å². The van der Waals surface area contributed by atoms with E-state index in [0.29, 0.717) is 26.9 Å². The van der Waals surface area contributed by atoms with Crippen molar-refractivity contribution in [3.8, 4) is 16.9 Å². The van der Waals surface area contributed by atoms with Crippen molar-refractivity contribution < 1.29 is 19.1 Å². The number of rotatable bonds is 5. The molecule has 7 heteroatoms. The van der Waals surface area contributed by atoms with Crippen molar-refractivity contribution in [3.63, 3.8) is 0 Å². The molecule has 0 aliphatic heterocycles. The molecule has 0 aliphatic rings. The highest BCUT2D eigenvalue weighted by molar-refractivity contribution is 7.17. The van der Waals surface area contributed by atoms with Crippen LogP contribution in [0.15, 0.2) is 54.6 Å². The van der Waals surface area contributed by atoms with E-state index in [-0.39, 0.29) is 6.61 Å². The molecular weight excluding hydrogens is 398 g/mol. The molecule has 0 saturated carbocycles. The third-order valence-electron chi connectivity index (χ3n) is 3.87. The number of halogens is 1. The van der Waals surface area contributed by atoms with Crippen molar-refractivity contribution in [1.82, 2.24) is 0 Å². The number of esters is 1. The Morgan fingerprint density at radius 3 is 2.39 bits per heavy atom. The van der Waals surface area contributed by atoms with Crippen LogP contribution in [0.3, 0.4) is 0 Å². The third kappa shape index (κ3) is 4.52. The molecule has 5 nitrogen and oxygen atoms in total. The topological polar surface area (TPSA) is 64.6 Å². The fourth-order valence-electron chi connectivity index (χ4n) is 2.71. The lowest BCUT2D eigenvalue weighted by Crippen LogP contribution is -2.18. The number of benzene rings is 2. The molecule has 1 amide bonds. The fraction of sp³-hybridized carbons (Fsp3) is 0.143. The predicted octanol–water partition coefficient (Wildman–Crippen LogP) is 6.16. The van der Waals surface area contributed by atoms with Crippen LogP contribution in [0.5, 0.6) is 5.75 Å². The Labute approximate surface area is 171 Å². The summed E-state index contributed by atoms with van der Waals surface area (Å²) in [4.78, 5) is 25.8. The van der Waals surface area contributed by atoms with Gasteiger partial charge in [-0.2, -0.15) is 0 Å². The molecule has 1 heterocycles. The molecular formula is C21H18ClNO4S. The molecule has 28 heavy (non-hydrogen) atoms. The first-order valence-corrected chi connectivity index (χ1v) is 9.79. The lowest BCUT2D eigenvalue weighted by molar-refractivity contribution is 0.0529. The van der Waals surface area contributed by atoms with Gasteiger partial charge in [-0.25, -0.2) is 9.59 Å². The summed E-state index contributed by atoms with van der Waals surface area (Å²) in [6.07, 6.45) is -0.680. The standard InChI is InChI=1S/C21H18ClNO4S/c1-3-26-20(24)18-17(14-9-11-15(22)12-10-14)13(2)28-19(18)23-21(25)27-16-7-5-4-6-8-16/h4-12H,3H2,1-2H3,(H,23,25). The van der Waals surface area contributed by atoms with Gasteiger partial charge < -0.3 is 9.47 Å². The van der Waals surface area contributed by atoms with Gasteiger partial charge in [-0.1, -0.05) is 41.9 Å². The molecule has 144 valence electrons. The summed E-state index contributed by atoms with van der Waals surface area (Å²) in [5, 5.41) is 3.64. The number of nitrogens with one attached hydrogen (secondary N) is 1. The SMILES string of the molecule is CCOC(=O)c1c(NC(=O)Oc2ccccc2)sc(C)c1-c1ccc(Cl)cc1. The highest BCUT2D eigenvalue weighted by atomic mass is 35.5. The van der Waals surface area contributed by atoms with Crippen LogP contribution in [0.2, 0.25) is 5.02 Å². The molecule has 0 radical (unpaired) electrons. The van der Waals surface area contributed by atoms with Gasteiger partial charge in [0.15, 0.2) is 0 Å². The first-order valence-electron chi connectivity index (χ1n) is 8.60. The number of thiophene rings is 1. The van der Waals surface area contributed by atoms with Crippen LogP contribution < -0.4 is 10.1 Å². The number of hydrogen-bond acceptors (Lipinski definition) is 5. The second kappa shape index (κ2) is 8.91. The van der Waals surface area contributed by atoms with E-state index in [2.05, 4.69) is 5.32 Å². The number of carbonyl (C=O) groups is 2. The van der Waals surface area contributed by atoms with E-state index < -0.39 is 12.1 Å². The Bertz CT molecular complexity index is 984. The van der Waals surface area contributed by atoms with E-state index >= 15 is 0 Å². The third-order valence-corrected chi connectivity index (χ3v) is 5.14. The summed E-state index contributed by atoms with van der Waals surface area (Å²) in [6.45, 7) is 3.84. The number of para-hydroxylation sites is 1. The van der Waals surface area contributed by atoms with Gasteiger partial charge in [0.1, 0.15) is 16.3 Å². The maximum Gasteiger partial charge on any atom is 0.417 e. The minimum absolute atomic E-state index is 0.224. The van der Waals surface area contributed by atoms with Crippen LogP contribution in [-0.2, 0) is 4.74 Å². The quantitative estimate of drug-likeness (QED) is 0.506. The molecule has 1 aromatic heterocycles. The monoisotopic (exact) mass is 415 g/mol. The number of aryl methyl sites for hydroxylation is 1. The van der Waals surface area contributed by atoms with Crippen molar-refractivity contribution in [2.45, 2.75) is 13.8 Å². The Morgan fingerprint density at radius 2 is 1.75 bits per heavy atom. The number of amides is 1. The molecule has 0 saturated heterocycles. The second-order valence-electron chi connectivity index (χ2n) is 5.79. The maximum atomic E-state index is 12.6. The lowest BCUT2D eigenvalue weighted by atomic mass is 10.0. The van der Waals surface area contributed by atoms with Gasteiger partial charge in [-0.15, -0.1) is 11.3 Å². The summed E-state index contributed by atoms with van der Waals surface area (Å²) in [5.41, 5.74) is 1.82. The van der Waals surface area contributed by atoms with Gasteiger partial charge in [0.25, 0.3) is 0 Å². The van der Waals surface area contributed by atoms with Crippen molar-refractivity contribution >= 4 is 40.0 Å². The Hall–Kier alpha value is -2.83. The minimum Gasteiger partial charge on any atom is -0.462 e. The molecule has 3 aromatic rings. The summed E-state index contributed by atoms with van der Waals surface area (Å²) < 4.78 is 10.5. The minimum atomic E-state index is -0.680. The predicted molar refractivity (Wildman–Crippen MR) is 112 cm³/mol. The zero-order valence-corrected chi connectivity index (χ0v) is 16.9. The van der Waals surface area contributed by atoms with Crippen LogP contribution in [0.4, 0.5) is 9.80 Å². The van der Waals surface area contributed by atoms with E-state index in [1.807, 2.05) is 25.1 Å². The van der Waals surface area contributed by atoms with Crippen molar-refractivity contribution in [2.75, 3.05) is 11.9 Å². The van der Waals surface area contributed by atoms with Gasteiger partial charge in [0.2, 0.25) is 0 Å². The normalized spacial score (nSPS) is 10.4. The molecule has 0 unspecified atom stereocenters. The maximum absolute atomic E-state index is 12.6. The zero-order chi connectivity index (χ0) is 20.1. The first kappa shape index (κ1) is 19.9. The van der Waals surface area contributed by atoms with Crippen molar-refractivity contribution in [2.24, 2.45) is 0 Å². The largest absolute Gasteiger partial charge is 0.462 e. The number of carbonyl (C=O) groups excluding carboxylic acids is 2. The molecule has 2 aromatic carbocycles. The van der Waals surface area contributed by atoms with E-state index in [1.165, 1.54) is 11.3 Å². The fourth-order valence-corrected chi connectivity index (χ4v) is 3.88. The van der Waals surface area contributed by atoms with Crippen LogP contribution in [-0.4, -0.2) is 18.7 Å². The number of ether oxygens (including phenoxy) is 2. The highest BCUT2D eigenvalue weighted by Gasteiger charge is 2.26. The van der Waals surface area contributed by atoms with Crippen molar-refractivity contribution in [1.29, 1.82) is 0 Å². The zero-order valence-electron chi connectivity index (χ0n) is 15.3. The van der Waals surface area contributed by atoms with E-state index in [4.69, 9.17) is 21.1 Å². The van der Waals surface area contributed by atoms with Gasteiger partial charge in [0, 0.05) is 15.5 Å². The number of anilines is 1.